The fraction of sp³-hybridized carbons (Fsp3) is 1.00. The van der Waals surface area contributed by atoms with Gasteiger partial charge in [0, 0.05) is 30.7 Å². The second kappa shape index (κ2) is 6.41. The average molecular weight is 259 g/mol. The predicted octanol–water partition coefficient (Wildman–Crippen LogP) is 2.40. The zero-order valence-corrected chi connectivity index (χ0v) is 11.9. The van der Waals surface area contributed by atoms with Crippen LogP contribution in [0.1, 0.15) is 39.5 Å². The first-order chi connectivity index (χ1) is 8.24. The lowest BCUT2D eigenvalue weighted by molar-refractivity contribution is -0.179. The summed E-state index contributed by atoms with van der Waals surface area (Å²) in [5.41, 5.74) is 0. The quantitative estimate of drug-likeness (QED) is 0.821. The van der Waals surface area contributed by atoms with Crippen LogP contribution in [0.25, 0.3) is 0 Å². The maximum Gasteiger partial charge on any atom is 0.168 e. The van der Waals surface area contributed by atoms with E-state index in [0.717, 1.165) is 26.1 Å². The third-order valence-electron chi connectivity index (χ3n) is 3.65. The van der Waals surface area contributed by atoms with Gasteiger partial charge in [0.1, 0.15) is 0 Å². The third-order valence-corrected chi connectivity index (χ3v) is 4.80. The van der Waals surface area contributed by atoms with Crippen LogP contribution in [-0.2, 0) is 9.47 Å². The molecule has 3 nitrogen and oxygen atoms in total. The molecule has 17 heavy (non-hydrogen) atoms. The summed E-state index contributed by atoms with van der Waals surface area (Å²) in [7, 11) is 0. The molecule has 1 unspecified atom stereocenters. The number of hydrogen-bond donors (Lipinski definition) is 1. The van der Waals surface area contributed by atoms with Crippen LogP contribution >= 0.6 is 11.8 Å². The van der Waals surface area contributed by atoms with Gasteiger partial charge in [0.2, 0.25) is 0 Å². The SMILES string of the molecule is CCSCC(C)NC1CCC2(CC1)OCCO2. The lowest BCUT2D eigenvalue weighted by Gasteiger charge is -2.36. The van der Waals surface area contributed by atoms with Gasteiger partial charge in [-0.05, 0) is 25.5 Å². The van der Waals surface area contributed by atoms with Crippen molar-refractivity contribution in [3.63, 3.8) is 0 Å². The molecule has 1 atom stereocenters. The highest BCUT2D eigenvalue weighted by atomic mass is 32.2. The highest BCUT2D eigenvalue weighted by Crippen LogP contribution is 2.35. The molecule has 2 aliphatic rings. The zero-order chi connectivity index (χ0) is 12.1. The first-order valence-electron chi connectivity index (χ1n) is 6.86. The molecule has 1 saturated carbocycles. The highest BCUT2D eigenvalue weighted by molar-refractivity contribution is 7.99. The molecular formula is C13H25NO2S. The van der Waals surface area contributed by atoms with Crippen molar-refractivity contribution in [3.8, 4) is 0 Å². The van der Waals surface area contributed by atoms with Gasteiger partial charge in [-0.25, -0.2) is 0 Å². The second-order valence-electron chi connectivity index (χ2n) is 5.11. The molecule has 1 aliphatic heterocycles. The van der Waals surface area contributed by atoms with Crippen LogP contribution in [0.4, 0.5) is 0 Å². The molecule has 0 aromatic carbocycles. The number of ether oxygens (including phenoxy) is 2. The largest absolute Gasteiger partial charge is 0.348 e. The molecule has 0 aromatic heterocycles. The van der Waals surface area contributed by atoms with E-state index >= 15 is 0 Å². The maximum absolute atomic E-state index is 5.75. The normalized spacial score (nSPS) is 26.5. The molecule has 1 spiro atoms. The van der Waals surface area contributed by atoms with Crippen LogP contribution in [-0.4, -0.2) is 42.6 Å². The van der Waals surface area contributed by atoms with Crippen LogP contribution < -0.4 is 5.32 Å². The number of nitrogens with one attached hydrogen (secondary N) is 1. The highest BCUT2D eigenvalue weighted by Gasteiger charge is 2.40. The van der Waals surface area contributed by atoms with Gasteiger partial charge in [-0.1, -0.05) is 6.92 Å². The van der Waals surface area contributed by atoms with Gasteiger partial charge < -0.3 is 14.8 Å². The molecule has 0 bridgehead atoms. The summed E-state index contributed by atoms with van der Waals surface area (Å²) in [5, 5.41) is 3.73. The van der Waals surface area contributed by atoms with Crippen LogP contribution in [0, 0.1) is 0 Å². The fourth-order valence-corrected chi connectivity index (χ4v) is 3.44. The first kappa shape index (κ1) is 13.7. The number of thioether (sulfide) groups is 1. The summed E-state index contributed by atoms with van der Waals surface area (Å²) >= 11 is 2.01. The Morgan fingerprint density at radius 3 is 2.53 bits per heavy atom. The zero-order valence-electron chi connectivity index (χ0n) is 11.0. The van der Waals surface area contributed by atoms with Crippen molar-refractivity contribution in [1.29, 1.82) is 0 Å². The molecule has 2 rings (SSSR count). The van der Waals surface area contributed by atoms with E-state index < -0.39 is 0 Å². The molecule has 1 heterocycles. The van der Waals surface area contributed by atoms with Crippen molar-refractivity contribution in [2.75, 3.05) is 24.7 Å². The Hall–Kier alpha value is 0.230. The Morgan fingerprint density at radius 1 is 1.29 bits per heavy atom. The third kappa shape index (κ3) is 3.85. The first-order valence-corrected chi connectivity index (χ1v) is 8.01. The summed E-state index contributed by atoms with van der Waals surface area (Å²) in [6, 6.07) is 1.27. The van der Waals surface area contributed by atoms with E-state index in [9.17, 15) is 0 Å². The summed E-state index contributed by atoms with van der Waals surface area (Å²) in [4.78, 5) is 0. The summed E-state index contributed by atoms with van der Waals surface area (Å²) in [6.07, 6.45) is 4.47. The van der Waals surface area contributed by atoms with Crippen molar-refractivity contribution in [3.05, 3.63) is 0 Å². The monoisotopic (exact) mass is 259 g/mol. The smallest absolute Gasteiger partial charge is 0.168 e. The molecule has 2 fully saturated rings. The summed E-state index contributed by atoms with van der Waals surface area (Å²) < 4.78 is 11.5. The van der Waals surface area contributed by atoms with Gasteiger partial charge in [-0.3, -0.25) is 0 Å². The van der Waals surface area contributed by atoms with Gasteiger partial charge in [0.25, 0.3) is 0 Å². The summed E-state index contributed by atoms with van der Waals surface area (Å²) in [6.45, 7) is 6.06. The van der Waals surface area contributed by atoms with Crippen molar-refractivity contribution in [2.45, 2.75) is 57.4 Å². The minimum Gasteiger partial charge on any atom is -0.348 e. The molecule has 4 heteroatoms. The van der Waals surface area contributed by atoms with Crippen molar-refractivity contribution in [1.82, 2.24) is 5.32 Å². The summed E-state index contributed by atoms with van der Waals surface area (Å²) in [5.74, 6) is 2.21. The minimum atomic E-state index is -0.209. The number of rotatable bonds is 5. The Morgan fingerprint density at radius 2 is 1.94 bits per heavy atom. The second-order valence-corrected chi connectivity index (χ2v) is 6.43. The minimum absolute atomic E-state index is 0.209. The van der Waals surface area contributed by atoms with Crippen molar-refractivity contribution in [2.24, 2.45) is 0 Å². The molecular weight excluding hydrogens is 234 g/mol. The van der Waals surface area contributed by atoms with Gasteiger partial charge in [-0.2, -0.15) is 11.8 Å². The van der Waals surface area contributed by atoms with E-state index in [1.807, 2.05) is 11.8 Å². The van der Waals surface area contributed by atoms with E-state index in [4.69, 9.17) is 9.47 Å². The van der Waals surface area contributed by atoms with Gasteiger partial charge in [-0.15, -0.1) is 0 Å². The Labute approximate surface area is 109 Å². The van der Waals surface area contributed by atoms with Crippen molar-refractivity contribution < 1.29 is 9.47 Å². The maximum atomic E-state index is 5.75. The van der Waals surface area contributed by atoms with Crippen LogP contribution in [0.3, 0.4) is 0 Å². The Bertz CT molecular complexity index is 221. The van der Waals surface area contributed by atoms with Gasteiger partial charge in [0.15, 0.2) is 5.79 Å². The molecule has 0 aromatic rings. The topological polar surface area (TPSA) is 30.5 Å². The van der Waals surface area contributed by atoms with Gasteiger partial charge in [0.05, 0.1) is 13.2 Å². The Kier molecular flexibility index (Phi) is 5.15. The van der Waals surface area contributed by atoms with Crippen LogP contribution in [0.2, 0.25) is 0 Å². The lowest BCUT2D eigenvalue weighted by atomic mass is 9.90. The van der Waals surface area contributed by atoms with E-state index in [-0.39, 0.29) is 5.79 Å². The molecule has 1 N–H and O–H groups in total. The van der Waals surface area contributed by atoms with Crippen molar-refractivity contribution >= 4 is 11.8 Å². The van der Waals surface area contributed by atoms with Crippen LogP contribution in [0.15, 0.2) is 0 Å². The van der Waals surface area contributed by atoms with E-state index in [1.54, 1.807) is 0 Å². The fourth-order valence-electron chi connectivity index (χ4n) is 2.76. The lowest BCUT2D eigenvalue weighted by Crippen LogP contribution is -2.45. The molecule has 1 aliphatic carbocycles. The Balaban J connectivity index is 1.68. The number of hydrogen-bond acceptors (Lipinski definition) is 4. The standard InChI is InChI=1S/C13H25NO2S/c1-3-17-10-11(2)14-12-4-6-13(7-5-12)15-8-9-16-13/h11-12,14H,3-10H2,1-2H3. The average Bonchev–Trinajstić information content (AvgIpc) is 2.79. The van der Waals surface area contributed by atoms with Crippen LogP contribution in [0.5, 0.6) is 0 Å². The van der Waals surface area contributed by atoms with E-state index in [2.05, 4.69) is 19.2 Å². The van der Waals surface area contributed by atoms with E-state index in [1.165, 1.54) is 24.3 Å². The predicted molar refractivity (Wildman–Crippen MR) is 72.5 cm³/mol. The van der Waals surface area contributed by atoms with E-state index in [0.29, 0.717) is 12.1 Å². The van der Waals surface area contributed by atoms with Gasteiger partial charge >= 0.3 is 0 Å². The molecule has 0 amide bonds. The molecule has 0 radical (unpaired) electrons. The molecule has 1 saturated heterocycles. The molecule has 100 valence electrons.